The van der Waals surface area contributed by atoms with Crippen molar-refractivity contribution in [3.8, 4) is 0 Å². The van der Waals surface area contributed by atoms with Crippen molar-refractivity contribution >= 4 is 18.5 Å². The predicted molar refractivity (Wildman–Crippen MR) is 62.7 cm³/mol. The van der Waals surface area contributed by atoms with Crippen LogP contribution in [0.15, 0.2) is 0 Å². The Morgan fingerprint density at radius 1 is 1.36 bits per heavy atom. The van der Waals surface area contributed by atoms with Gasteiger partial charge in [0, 0.05) is 19.5 Å². The lowest BCUT2D eigenvalue weighted by Gasteiger charge is -2.33. The largest absolute Gasteiger partial charge is 0.343 e. The van der Waals surface area contributed by atoms with Crippen LogP contribution in [0.2, 0.25) is 0 Å². The van der Waals surface area contributed by atoms with Gasteiger partial charge in [-0.25, -0.2) is 0 Å². The van der Waals surface area contributed by atoms with Crippen LogP contribution in [0, 0.1) is 5.92 Å². The Labute approximate surface area is 92.5 Å². The molecule has 0 saturated heterocycles. The molecule has 0 spiro atoms. The minimum Gasteiger partial charge on any atom is -0.343 e. The first kappa shape index (κ1) is 11.9. The van der Waals surface area contributed by atoms with E-state index >= 15 is 0 Å². The summed E-state index contributed by atoms with van der Waals surface area (Å²) in [6.45, 7) is 2.30. The van der Waals surface area contributed by atoms with Gasteiger partial charge in [0.15, 0.2) is 0 Å². The van der Waals surface area contributed by atoms with Crippen molar-refractivity contribution in [3.05, 3.63) is 0 Å². The number of hydrogen-bond acceptors (Lipinski definition) is 2. The molecule has 82 valence electrons. The predicted octanol–water partition coefficient (Wildman–Crippen LogP) is 2.34. The Morgan fingerprint density at radius 3 is 2.43 bits per heavy atom. The molecule has 0 radical (unpaired) electrons. The molecular formula is C11H21NOS. The summed E-state index contributed by atoms with van der Waals surface area (Å²) in [5.41, 5.74) is 0. The third-order valence-corrected chi connectivity index (χ3v) is 3.48. The standard InChI is InChI=1S/C11H21NOS/c1-9-3-5-10(6-4-9)12(2)11(13)7-8-14/h9-10,14H,3-8H2,1-2H3. The Kier molecular flexibility index (Phi) is 4.79. The van der Waals surface area contributed by atoms with E-state index in [-0.39, 0.29) is 5.91 Å². The van der Waals surface area contributed by atoms with E-state index < -0.39 is 0 Å². The highest BCUT2D eigenvalue weighted by Crippen LogP contribution is 2.26. The van der Waals surface area contributed by atoms with E-state index in [1.54, 1.807) is 0 Å². The smallest absolute Gasteiger partial charge is 0.223 e. The number of nitrogens with zero attached hydrogens (tertiary/aromatic N) is 1. The number of carbonyl (C=O) groups is 1. The molecule has 0 N–H and O–H groups in total. The number of hydrogen-bond donors (Lipinski definition) is 1. The maximum Gasteiger partial charge on any atom is 0.223 e. The lowest BCUT2D eigenvalue weighted by Crippen LogP contribution is -2.39. The Bertz CT molecular complexity index is 188. The Morgan fingerprint density at radius 2 is 1.93 bits per heavy atom. The Balaban J connectivity index is 2.37. The zero-order valence-corrected chi connectivity index (χ0v) is 10.1. The zero-order valence-electron chi connectivity index (χ0n) is 9.20. The molecule has 0 atom stereocenters. The normalized spacial score (nSPS) is 27.4. The van der Waals surface area contributed by atoms with Crippen LogP contribution in [0.4, 0.5) is 0 Å². The molecule has 0 aromatic carbocycles. The molecule has 0 aliphatic heterocycles. The van der Waals surface area contributed by atoms with Crippen molar-refractivity contribution in [1.82, 2.24) is 4.90 Å². The summed E-state index contributed by atoms with van der Waals surface area (Å²) in [7, 11) is 1.94. The van der Waals surface area contributed by atoms with Gasteiger partial charge in [-0.2, -0.15) is 12.6 Å². The third-order valence-electron chi connectivity index (χ3n) is 3.25. The van der Waals surface area contributed by atoms with E-state index in [1.165, 1.54) is 25.7 Å². The van der Waals surface area contributed by atoms with Crippen LogP contribution in [-0.4, -0.2) is 29.6 Å². The fourth-order valence-corrected chi connectivity index (χ4v) is 2.30. The van der Waals surface area contributed by atoms with Crippen LogP contribution >= 0.6 is 12.6 Å². The van der Waals surface area contributed by atoms with E-state index in [0.29, 0.717) is 18.2 Å². The summed E-state index contributed by atoms with van der Waals surface area (Å²) in [4.78, 5) is 13.5. The fraction of sp³-hybridized carbons (Fsp3) is 0.909. The maximum absolute atomic E-state index is 11.6. The summed E-state index contributed by atoms with van der Waals surface area (Å²) in [5.74, 6) is 1.76. The van der Waals surface area contributed by atoms with Crippen LogP contribution in [0.1, 0.15) is 39.0 Å². The van der Waals surface area contributed by atoms with E-state index in [1.807, 2.05) is 11.9 Å². The van der Waals surface area contributed by atoms with Crippen LogP contribution in [0.5, 0.6) is 0 Å². The molecule has 1 fully saturated rings. The molecule has 3 heteroatoms. The molecular weight excluding hydrogens is 194 g/mol. The molecule has 1 saturated carbocycles. The first-order valence-electron chi connectivity index (χ1n) is 5.51. The van der Waals surface area contributed by atoms with Gasteiger partial charge in [0.1, 0.15) is 0 Å². The van der Waals surface area contributed by atoms with Gasteiger partial charge in [-0.15, -0.1) is 0 Å². The van der Waals surface area contributed by atoms with Gasteiger partial charge in [0.05, 0.1) is 0 Å². The Hall–Kier alpha value is -0.180. The van der Waals surface area contributed by atoms with E-state index in [9.17, 15) is 4.79 Å². The van der Waals surface area contributed by atoms with Gasteiger partial charge >= 0.3 is 0 Å². The van der Waals surface area contributed by atoms with Crippen LogP contribution in [0.3, 0.4) is 0 Å². The quantitative estimate of drug-likeness (QED) is 0.717. The monoisotopic (exact) mass is 215 g/mol. The molecule has 14 heavy (non-hydrogen) atoms. The van der Waals surface area contributed by atoms with E-state index in [2.05, 4.69) is 19.6 Å². The molecule has 1 rings (SSSR count). The molecule has 0 unspecified atom stereocenters. The first-order chi connectivity index (χ1) is 6.65. The lowest BCUT2D eigenvalue weighted by atomic mass is 9.87. The second-order valence-corrected chi connectivity index (χ2v) is 4.84. The fourth-order valence-electron chi connectivity index (χ4n) is 2.11. The van der Waals surface area contributed by atoms with Crippen molar-refractivity contribution < 1.29 is 4.79 Å². The van der Waals surface area contributed by atoms with Crippen molar-refractivity contribution in [2.45, 2.75) is 45.1 Å². The average molecular weight is 215 g/mol. The summed E-state index contributed by atoms with van der Waals surface area (Å²) >= 11 is 4.09. The second kappa shape index (κ2) is 5.64. The van der Waals surface area contributed by atoms with Gasteiger partial charge < -0.3 is 4.90 Å². The molecule has 1 amide bonds. The summed E-state index contributed by atoms with van der Waals surface area (Å²) < 4.78 is 0. The van der Waals surface area contributed by atoms with Crippen molar-refractivity contribution in [2.75, 3.05) is 12.8 Å². The van der Waals surface area contributed by atoms with Gasteiger partial charge in [0.2, 0.25) is 5.91 Å². The molecule has 0 heterocycles. The van der Waals surface area contributed by atoms with Crippen LogP contribution in [0.25, 0.3) is 0 Å². The molecule has 0 aromatic heterocycles. The number of rotatable bonds is 3. The van der Waals surface area contributed by atoms with Crippen molar-refractivity contribution in [1.29, 1.82) is 0 Å². The summed E-state index contributed by atoms with van der Waals surface area (Å²) in [6, 6.07) is 0.485. The number of carbonyl (C=O) groups excluding carboxylic acids is 1. The summed E-state index contributed by atoms with van der Waals surface area (Å²) in [5, 5.41) is 0. The number of thiol groups is 1. The molecule has 2 nitrogen and oxygen atoms in total. The highest BCUT2D eigenvalue weighted by molar-refractivity contribution is 7.80. The minimum atomic E-state index is 0.250. The molecule has 0 aromatic rings. The molecule has 1 aliphatic carbocycles. The van der Waals surface area contributed by atoms with Gasteiger partial charge in [-0.1, -0.05) is 6.92 Å². The maximum atomic E-state index is 11.6. The highest BCUT2D eigenvalue weighted by atomic mass is 32.1. The third kappa shape index (κ3) is 3.19. The molecule has 0 bridgehead atoms. The van der Waals surface area contributed by atoms with Gasteiger partial charge in [-0.05, 0) is 37.4 Å². The van der Waals surface area contributed by atoms with Crippen molar-refractivity contribution in [2.24, 2.45) is 5.92 Å². The summed E-state index contributed by atoms with van der Waals surface area (Å²) in [6.07, 6.45) is 5.46. The van der Waals surface area contributed by atoms with E-state index in [0.717, 1.165) is 5.92 Å². The van der Waals surface area contributed by atoms with E-state index in [4.69, 9.17) is 0 Å². The second-order valence-electron chi connectivity index (χ2n) is 4.39. The van der Waals surface area contributed by atoms with Gasteiger partial charge in [0.25, 0.3) is 0 Å². The minimum absolute atomic E-state index is 0.250. The SMILES string of the molecule is CC1CCC(N(C)C(=O)CCS)CC1. The lowest BCUT2D eigenvalue weighted by molar-refractivity contribution is -0.132. The molecule has 1 aliphatic rings. The van der Waals surface area contributed by atoms with Gasteiger partial charge in [-0.3, -0.25) is 4.79 Å². The highest BCUT2D eigenvalue weighted by Gasteiger charge is 2.23. The zero-order chi connectivity index (χ0) is 10.6. The average Bonchev–Trinajstić information content (AvgIpc) is 2.18. The van der Waals surface area contributed by atoms with Crippen LogP contribution < -0.4 is 0 Å². The van der Waals surface area contributed by atoms with Crippen LogP contribution in [-0.2, 0) is 4.79 Å². The topological polar surface area (TPSA) is 20.3 Å². The van der Waals surface area contributed by atoms with Crippen molar-refractivity contribution in [3.63, 3.8) is 0 Å². The number of amides is 1. The first-order valence-corrected chi connectivity index (χ1v) is 6.15.